The Kier molecular flexibility index (Phi) is 4.66. The number of aromatic hydroxyl groups is 1. The summed E-state index contributed by atoms with van der Waals surface area (Å²) in [4.78, 5) is 21.9. The molecule has 10 nitrogen and oxygen atoms in total. The topological polar surface area (TPSA) is 148 Å². The number of anilines is 1. The van der Waals surface area contributed by atoms with Crippen molar-refractivity contribution in [1.29, 1.82) is 0 Å². The Morgan fingerprint density at radius 1 is 1.33 bits per heavy atom. The number of nitrogens with zero attached hydrogens (tertiary/aromatic N) is 1. The van der Waals surface area contributed by atoms with Crippen molar-refractivity contribution in [1.82, 2.24) is 4.72 Å². The Hall–Kier alpha value is -3.28. The number of carbonyl (C=O) groups is 2. The zero-order valence-corrected chi connectivity index (χ0v) is 14.5. The zero-order valence-electron chi connectivity index (χ0n) is 13.6. The van der Waals surface area contributed by atoms with Gasteiger partial charge in [-0.05, 0) is 23.6 Å². The fourth-order valence-electron chi connectivity index (χ4n) is 2.58. The molecule has 144 valence electrons. The first-order valence-electron chi connectivity index (χ1n) is 7.52. The molecule has 0 aromatic heterocycles. The Bertz CT molecular complexity index is 1040. The molecule has 0 radical (unpaired) electrons. The molecule has 2 amide bonds. The number of rotatable bonds is 5. The standard InChI is InChI=1S/C15H14FN3O7S/c16-13-10-6-9(25-3-4-26-15(17)22)2-1-8(10)5-11(20)14(13)19-7-12(21)18-27(19,23)24/h1-2,5-6,20H,3-4,7H2,(H2,17,22)(H,18,21). The van der Waals surface area contributed by atoms with Gasteiger partial charge in [0.25, 0.3) is 5.91 Å². The van der Waals surface area contributed by atoms with E-state index in [0.29, 0.717) is 4.31 Å². The summed E-state index contributed by atoms with van der Waals surface area (Å²) in [7, 11) is -4.30. The van der Waals surface area contributed by atoms with E-state index in [1.54, 1.807) is 4.72 Å². The van der Waals surface area contributed by atoms with Crippen LogP contribution in [0.15, 0.2) is 24.3 Å². The van der Waals surface area contributed by atoms with Crippen molar-refractivity contribution >= 4 is 38.7 Å². The maximum absolute atomic E-state index is 15.0. The number of ether oxygens (including phenoxy) is 2. The number of phenolic OH excluding ortho intramolecular Hbond substituents is 1. The van der Waals surface area contributed by atoms with Gasteiger partial charge >= 0.3 is 16.3 Å². The highest BCUT2D eigenvalue weighted by Crippen LogP contribution is 2.39. The first kappa shape index (κ1) is 18.5. The number of hydrogen-bond acceptors (Lipinski definition) is 7. The molecule has 1 fully saturated rings. The van der Waals surface area contributed by atoms with Gasteiger partial charge in [-0.3, -0.25) is 4.79 Å². The van der Waals surface area contributed by atoms with E-state index >= 15 is 0 Å². The lowest BCUT2D eigenvalue weighted by Gasteiger charge is -2.18. The average Bonchev–Trinajstić information content (AvgIpc) is 2.84. The summed E-state index contributed by atoms with van der Waals surface area (Å²) >= 11 is 0. The molecular formula is C15H14FN3O7S. The largest absolute Gasteiger partial charge is 0.506 e. The second kappa shape index (κ2) is 6.79. The number of benzene rings is 2. The van der Waals surface area contributed by atoms with Gasteiger partial charge in [-0.15, -0.1) is 0 Å². The van der Waals surface area contributed by atoms with Crippen LogP contribution < -0.4 is 19.5 Å². The van der Waals surface area contributed by atoms with E-state index in [1.165, 1.54) is 24.3 Å². The molecular weight excluding hydrogens is 385 g/mol. The lowest BCUT2D eigenvalue weighted by Crippen LogP contribution is -2.30. The summed E-state index contributed by atoms with van der Waals surface area (Å²) < 4.78 is 50.9. The van der Waals surface area contributed by atoms with Gasteiger partial charge in [-0.25, -0.2) is 18.2 Å². The van der Waals surface area contributed by atoms with Gasteiger partial charge in [0.2, 0.25) is 0 Å². The van der Waals surface area contributed by atoms with Crippen LogP contribution in [0, 0.1) is 5.82 Å². The van der Waals surface area contributed by atoms with E-state index in [2.05, 4.69) is 4.74 Å². The van der Waals surface area contributed by atoms with Crippen LogP contribution in [-0.4, -0.2) is 45.3 Å². The summed E-state index contributed by atoms with van der Waals surface area (Å²) in [5.74, 6) is -2.31. The highest BCUT2D eigenvalue weighted by atomic mass is 32.2. The van der Waals surface area contributed by atoms with Crippen LogP contribution in [0.5, 0.6) is 11.5 Å². The Balaban J connectivity index is 1.97. The maximum atomic E-state index is 15.0. The number of nitrogens with one attached hydrogen (secondary N) is 1. The van der Waals surface area contributed by atoms with E-state index in [9.17, 15) is 27.5 Å². The second-order valence-corrected chi connectivity index (χ2v) is 7.09. The third kappa shape index (κ3) is 3.65. The molecule has 2 aromatic rings. The van der Waals surface area contributed by atoms with Gasteiger partial charge in [0.1, 0.15) is 36.9 Å². The normalized spacial score (nSPS) is 15.6. The summed E-state index contributed by atoms with van der Waals surface area (Å²) in [5, 5.41) is 10.3. The van der Waals surface area contributed by atoms with Crippen LogP contribution in [0.1, 0.15) is 0 Å². The van der Waals surface area contributed by atoms with Crippen molar-refractivity contribution in [2.24, 2.45) is 5.73 Å². The lowest BCUT2D eigenvalue weighted by atomic mass is 10.1. The molecule has 1 heterocycles. The van der Waals surface area contributed by atoms with Gasteiger partial charge in [-0.1, -0.05) is 6.07 Å². The molecule has 1 saturated heterocycles. The van der Waals surface area contributed by atoms with Crippen molar-refractivity contribution in [3.05, 3.63) is 30.1 Å². The van der Waals surface area contributed by atoms with Crippen LogP contribution in [-0.2, 0) is 19.7 Å². The molecule has 0 bridgehead atoms. The molecule has 4 N–H and O–H groups in total. The number of nitrogens with two attached hydrogens (primary N) is 1. The van der Waals surface area contributed by atoms with Crippen molar-refractivity contribution in [3.8, 4) is 11.5 Å². The Morgan fingerprint density at radius 3 is 2.70 bits per heavy atom. The van der Waals surface area contributed by atoms with Gasteiger partial charge in [0.15, 0.2) is 5.82 Å². The number of primary amides is 1. The lowest BCUT2D eigenvalue weighted by molar-refractivity contribution is -0.117. The van der Waals surface area contributed by atoms with Crippen molar-refractivity contribution in [2.45, 2.75) is 0 Å². The molecule has 2 aromatic carbocycles. The van der Waals surface area contributed by atoms with Gasteiger partial charge < -0.3 is 20.3 Å². The summed E-state index contributed by atoms with van der Waals surface area (Å²) in [6, 6.07) is 5.40. The Labute approximate surface area is 152 Å². The summed E-state index contributed by atoms with van der Waals surface area (Å²) in [5.41, 5.74) is 4.17. The third-order valence-electron chi connectivity index (χ3n) is 3.67. The number of phenols is 1. The van der Waals surface area contributed by atoms with Gasteiger partial charge in [0, 0.05) is 5.39 Å². The minimum absolute atomic E-state index is 0.0364. The first-order chi connectivity index (χ1) is 12.7. The van der Waals surface area contributed by atoms with Crippen LogP contribution in [0.25, 0.3) is 10.8 Å². The SMILES string of the molecule is NC(=O)OCCOc1ccc2cc(O)c(N3CC(=O)NS3(=O)=O)c(F)c2c1. The van der Waals surface area contributed by atoms with Crippen molar-refractivity contribution in [2.75, 3.05) is 24.1 Å². The summed E-state index contributed by atoms with van der Waals surface area (Å²) in [6.45, 7) is -0.810. The third-order valence-corrected chi connectivity index (χ3v) is 5.05. The van der Waals surface area contributed by atoms with E-state index in [1.807, 2.05) is 0 Å². The molecule has 1 aliphatic heterocycles. The molecule has 3 rings (SSSR count). The molecule has 0 spiro atoms. The monoisotopic (exact) mass is 399 g/mol. The molecule has 1 aliphatic rings. The fraction of sp³-hybridized carbons (Fsp3) is 0.200. The van der Waals surface area contributed by atoms with Gasteiger partial charge in [0.05, 0.1) is 0 Å². The zero-order chi connectivity index (χ0) is 19.8. The van der Waals surface area contributed by atoms with Crippen LogP contribution in [0.4, 0.5) is 14.9 Å². The van der Waals surface area contributed by atoms with E-state index in [4.69, 9.17) is 10.5 Å². The number of carbonyl (C=O) groups excluding carboxylic acids is 2. The number of halogens is 1. The van der Waals surface area contributed by atoms with Crippen LogP contribution in [0.2, 0.25) is 0 Å². The molecule has 0 unspecified atom stereocenters. The molecule has 0 atom stereocenters. The molecule has 27 heavy (non-hydrogen) atoms. The van der Waals surface area contributed by atoms with Crippen molar-refractivity contribution < 1.29 is 37.0 Å². The predicted molar refractivity (Wildman–Crippen MR) is 91.0 cm³/mol. The van der Waals surface area contributed by atoms with Crippen LogP contribution in [0.3, 0.4) is 0 Å². The average molecular weight is 399 g/mol. The van der Waals surface area contributed by atoms with Crippen LogP contribution >= 0.6 is 0 Å². The highest BCUT2D eigenvalue weighted by Gasteiger charge is 2.37. The number of fused-ring (bicyclic) bond motifs is 1. The molecule has 0 saturated carbocycles. The van der Waals surface area contributed by atoms with E-state index in [0.717, 1.165) is 0 Å². The quantitative estimate of drug-likeness (QED) is 0.614. The molecule has 0 aliphatic carbocycles. The first-order valence-corrected chi connectivity index (χ1v) is 8.96. The fourth-order valence-corrected chi connectivity index (χ4v) is 3.75. The molecule has 12 heteroatoms. The van der Waals surface area contributed by atoms with Crippen molar-refractivity contribution in [3.63, 3.8) is 0 Å². The maximum Gasteiger partial charge on any atom is 0.404 e. The minimum atomic E-state index is -4.30. The number of amides is 2. The second-order valence-electron chi connectivity index (χ2n) is 5.49. The van der Waals surface area contributed by atoms with Gasteiger partial charge in [-0.2, -0.15) is 8.42 Å². The van der Waals surface area contributed by atoms with E-state index in [-0.39, 0.29) is 29.7 Å². The number of hydrogen-bond donors (Lipinski definition) is 3. The Morgan fingerprint density at radius 2 is 2.07 bits per heavy atom. The highest BCUT2D eigenvalue weighted by molar-refractivity contribution is 7.92. The smallest absolute Gasteiger partial charge is 0.404 e. The predicted octanol–water partition coefficient (Wildman–Crippen LogP) is 0.340. The minimum Gasteiger partial charge on any atom is -0.506 e. The summed E-state index contributed by atoms with van der Waals surface area (Å²) in [6.07, 6.45) is -0.960. The van der Waals surface area contributed by atoms with E-state index < -0.39 is 46.0 Å².